The van der Waals surface area contributed by atoms with Crippen LogP contribution in [0.15, 0.2) is 24.3 Å². The van der Waals surface area contributed by atoms with E-state index in [0.717, 1.165) is 36.5 Å². The van der Waals surface area contributed by atoms with Gasteiger partial charge in [-0.15, -0.1) is 0 Å². The molecule has 1 saturated heterocycles. The van der Waals surface area contributed by atoms with E-state index in [9.17, 15) is 23.1 Å². The molecule has 6 heteroatoms. The third-order valence-electron chi connectivity index (χ3n) is 3.58. The van der Waals surface area contributed by atoms with Crippen LogP contribution < -0.4 is 0 Å². The lowest BCUT2D eigenvalue weighted by Gasteiger charge is -2.27. The van der Waals surface area contributed by atoms with Crippen molar-refractivity contribution in [2.45, 2.75) is 24.9 Å². The third kappa shape index (κ3) is 3.48. The van der Waals surface area contributed by atoms with Gasteiger partial charge in [0.1, 0.15) is 0 Å². The number of aliphatic carboxylic acids is 1. The molecule has 1 aliphatic heterocycles. The van der Waals surface area contributed by atoms with E-state index in [2.05, 4.69) is 0 Å². The van der Waals surface area contributed by atoms with Crippen LogP contribution in [-0.4, -0.2) is 22.6 Å². The quantitative estimate of drug-likeness (QED) is 0.916. The Hall–Kier alpha value is -1.17. The molecule has 0 aromatic heterocycles. The highest BCUT2D eigenvalue weighted by atomic mass is 32.2. The summed E-state index contributed by atoms with van der Waals surface area (Å²) in [5, 5.41) is 9.38. The Morgan fingerprint density at radius 1 is 1.30 bits per heavy atom. The average Bonchev–Trinajstić information content (AvgIpc) is 2.39. The Morgan fingerprint density at radius 2 is 1.95 bits per heavy atom. The lowest BCUT2D eigenvalue weighted by atomic mass is 9.82. The molecule has 1 unspecified atom stereocenters. The smallest absolute Gasteiger partial charge is 0.416 e. The predicted molar refractivity (Wildman–Crippen MR) is 71.9 cm³/mol. The number of thioether (sulfide) groups is 1. The fourth-order valence-electron chi connectivity index (χ4n) is 2.57. The van der Waals surface area contributed by atoms with Crippen LogP contribution in [0.25, 0.3) is 0 Å². The van der Waals surface area contributed by atoms with E-state index in [1.54, 1.807) is 11.8 Å². The molecule has 0 spiro atoms. The summed E-state index contributed by atoms with van der Waals surface area (Å²) in [5.41, 5.74) is -0.532. The summed E-state index contributed by atoms with van der Waals surface area (Å²) < 4.78 is 38.2. The van der Waals surface area contributed by atoms with Crippen LogP contribution in [0, 0.1) is 5.92 Å². The SMILES string of the molecule is O=C(O)C(c1cccc(C(F)(F)F)c1)C1CCSCC1. The molecule has 2 rings (SSSR count). The molecule has 20 heavy (non-hydrogen) atoms. The van der Waals surface area contributed by atoms with Crippen LogP contribution in [0.1, 0.15) is 29.9 Å². The predicted octanol–water partition coefficient (Wildman–Crippen LogP) is 4.02. The van der Waals surface area contributed by atoms with E-state index in [0.29, 0.717) is 0 Å². The van der Waals surface area contributed by atoms with Gasteiger partial charge in [-0.2, -0.15) is 24.9 Å². The van der Waals surface area contributed by atoms with Crippen molar-refractivity contribution < 1.29 is 23.1 Å². The molecule has 0 saturated carbocycles. The molecule has 2 nitrogen and oxygen atoms in total. The molecule has 1 N–H and O–H groups in total. The van der Waals surface area contributed by atoms with Crippen molar-refractivity contribution in [1.82, 2.24) is 0 Å². The second-order valence-electron chi connectivity index (χ2n) is 4.89. The van der Waals surface area contributed by atoms with Crippen molar-refractivity contribution in [2.75, 3.05) is 11.5 Å². The molecule has 0 aliphatic carbocycles. The number of rotatable bonds is 3. The molecule has 1 heterocycles. The van der Waals surface area contributed by atoms with E-state index in [1.807, 2.05) is 0 Å². The zero-order valence-electron chi connectivity index (χ0n) is 10.7. The fourth-order valence-corrected chi connectivity index (χ4v) is 3.72. The van der Waals surface area contributed by atoms with Crippen LogP contribution in [0.3, 0.4) is 0 Å². The van der Waals surface area contributed by atoms with Gasteiger partial charge < -0.3 is 5.11 Å². The Kier molecular flexibility index (Phi) is 4.62. The van der Waals surface area contributed by atoms with Crippen molar-refractivity contribution in [3.8, 4) is 0 Å². The van der Waals surface area contributed by atoms with Gasteiger partial charge in [0.2, 0.25) is 0 Å². The highest BCUT2D eigenvalue weighted by Gasteiger charge is 2.34. The zero-order chi connectivity index (χ0) is 14.8. The first-order valence-electron chi connectivity index (χ1n) is 6.37. The first-order valence-corrected chi connectivity index (χ1v) is 7.53. The Morgan fingerprint density at radius 3 is 2.50 bits per heavy atom. The largest absolute Gasteiger partial charge is 0.481 e. The number of carbonyl (C=O) groups is 1. The standard InChI is InChI=1S/C14H15F3O2S/c15-14(16,17)11-3-1-2-10(8-11)12(13(18)19)9-4-6-20-7-5-9/h1-3,8-9,12H,4-7H2,(H,18,19). The molecular formula is C14H15F3O2S. The van der Waals surface area contributed by atoms with Gasteiger partial charge >= 0.3 is 12.1 Å². The third-order valence-corrected chi connectivity index (χ3v) is 4.63. The summed E-state index contributed by atoms with van der Waals surface area (Å²) in [7, 11) is 0. The van der Waals surface area contributed by atoms with Gasteiger partial charge in [-0.05, 0) is 41.9 Å². The maximum absolute atomic E-state index is 12.7. The molecule has 0 bridgehead atoms. The Balaban J connectivity index is 2.32. The molecule has 0 amide bonds. The number of hydrogen-bond acceptors (Lipinski definition) is 2. The summed E-state index contributed by atoms with van der Waals surface area (Å²) >= 11 is 1.76. The van der Waals surface area contributed by atoms with E-state index in [-0.39, 0.29) is 11.5 Å². The van der Waals surface area contributed by atoms with Gasteiger partial charge in [0.25, 0.3) is 0 Å². The van der Waals surface area contributed by atoms with E-state index in [1.165, 1.54) is 12.1 Å². The van der Waals surface area contributed by atoms with Gasteiger partial charge in [-0.3, -0.25) is 4.79 Å². The summed E-state index contributed by atoms with van der Waals surface area (Å²) in [5.74, 6) is -0.238. The minimum atomic E-state index is -4.44. The zero-order valence-corrected chi connectivity index (χ0v) is 11.5. The van der Waals surface area contributed by atoms with E-state index >= 15 is 0 Å². The van der Waals surface area contributed by atoms with Gasteiger partial charge in [0, 0.05) is 0 Å². The molecule has 1 atom stereocenters. The van der Waals surface area contributed by atoms with E-state index < -0.39 is 23.6 Å². The van der Waals surface area contributed by atoms with E-state index in [4.69, 9.17) is 0 Å². The molecular weight excluding hydrogens is 289 g/mol. The number of carboxylic acids is 1. The maximum atomic E-state index is 12.7. The summed E-state index contributed by atoms with van der Waals surface area (Å²) in [6.45, 7) is 0. The average molecular weight is 304 g/mol. The molecule has 110 valence electrons. The van der Waals surface area contributed by atoms with Crippen LogP contribution in [0.4, 0.5) is 13.2 Å². The highest BCUT2D eigenvalue weighted by molar-refractivity contribution is 7.99. The molecule has 1 fully saturated rings. The van der Waals surface area contributed by atoms with Crippen LogP contribution >= 0.6 is 11.8 Å². The summed E-state index contributed by atoms with van der Waals surface area (Å²) in [4.78, 5) is 11.5. The van der Waals surface area contributed by atoms with Crippen molar-refractivity contribution >= 4 is 17.7 Å². The van der Waals surface area contributed by atoms with Crippen molar-refractivity contribution in [3.63, 3.8) is 0 Å². The second-order valence-corrected chi connectivity index (χ2v) is 6.11. The Bertz CT molecular complexity index is 482. The summed E-state index contributed by atoms with van der Waals surface area (Å²) in [6, 6.07) is 4.71. The number of alkyl halides is 3. The summed E-state index contributed by atoms with van der Waals surface area (Å²) in [6.07, 6.45) is -2.97. The topological polar surface area (TPSA) is 37.3 Å². The van der Waals surface area contributed by atoms with Gasteiger partial charge in [-0.25, -0.2) is 0 Å². The minimum absolute atomic E-state index is 0.0859. The van der Waals surface area contributed by atoms with Crippen molar-refractivity contribution in [1.29, 1.82) is 0 Å². The van der Waals surface area contributed by atoms with Gasteiger partial charge in [0.15, 0.2) is 0 Å². The van der Waals surface area contributed by atoms with Crippen molar-refractivity contribution in [2.24, 2.45) is 5.92 Å². The Labute approximate surface area is 119 Å². The van der Waals surface area contributed by atoms with Gasteiger partial charge in [0.05, 0.1) is 11.5 Å². The monoisotopic (exact) mass is 304 g/mol. The molecule has 0 radical (unpaired) electrons. The van der Waals surface area contributed by atoms with Gasteiger partial charge in [-0.1, -0.05) is 18.2 Å². The molecule has 1 aromatic rings. The molecule has 1 aliphatic rings. The lowest BCUT2D eigenvalue weighted by Crippen LogP contribution is -2.25. The maximum Gasteiger partial charge on any atom is 0.416 e. The number of halogens is 3. The van der Waals surface area contributed by atoms with Crippen LogP contribution in [0.2, 0.25) is 0 Å². The van der Waals surface area contributed by atoms with Crippen LogP contribution in [-0.2, 0) is 11.0 Å². The first-order chi connectivity index (χ1) is 9.39. The first kappa shape index (κ1) is 15.2. The highest BCUT2D eigenvalue weighted by Crippen LogP contribution is 2.37. The number of carboxylic acid groups (broad SMARTS) is 1. The fraction of sp³-hybridized carbons (Fsp3) is 0.500. The number of hydrogen-bond donors (Lipinski definition) is 1. The normalized spacial score (nSPS) is 18.8. The minimum Gasteiger partial charge on any atom is -0.481 e. The van der Waals surface area contributed by atoms with Crippen LogP contribution in [0.5, 0.6) is 0 Å². The van der Waals surface area contributed by atoms with Crippen molar-refractivity contribution in [3.05, 3.63) is 35.4 Å². The lowest BCUT2D eigenvalue weighted by molar-refractivity contribution is -0.141. The number of benzene rings is 1. The molecule has 1 aromatic carbocycles. The second kappa shape index (κ2) is 6.08.